The van der Waals surface area contributed by atoms with Crippen LogP contribution in [0.1, 0.15) is 28.9 Å². The van der Waals surface area contributed by atoms with Crippen LogP contribution < -0.4 is 4.74 Å². The molecular formula is C23H25N3O2. The van der Waals surface area contributed by atoms with Crippen molar-refractivity contribution in [2.45, 2.75) is 25.9 Å². The lowest BCUT2D eigenvalue weighted by atomic mass is 10.1. The van der Waals surface area contributed by atoms with Gasteiger partial charge in [-0.05, 0) is 25.1 Å². The number of carbonyl (C=O) groups excluding carboxylic acids is 1. The van der Waals surface area contributed by atoms with E-state index < -0.39 is 0 Å². The van der Waals surface area contributed by atoms with Crippen LogP contribution in [0.3, 0.4) is 0 Å². The van der Waals surface area contributed by atoms with Gasteiger partial charge in [-0.1, -0.05) is 48.0 Å². The maximum Gasteiger partial charge on any atom is 0.272 e. The molecule has 5 heteroatoms. The standard InChI is InChI=1S/C23H25N3O2/c1-17-8-10-19(11-9-17)28-20-12-14-26(15-13-20)23(27)22-16-21(24-25(22)2)18-6-4-3-5-7-18/h3-11,16,20H,12-15H2,1-2H3. The largest absolute Gasteiger partial charge is 0.490 e. The van der Waals surface area contributed by atoms with E-state index in [-0.39, 0.29) is 12.0 Å². The minimum Gasteiger partial charge on any atom is -0.490 e. The van der Waals surface area contributed by atoms with Crippen molar-refractivity contribution in [2.24, 2.45) is 7.05 Å². The SMILES string of the molecule is Cc1ccc(OC2CCN(C(=O)c3cc(-c4ccccc4)nn3C)CC2)cc1. The third kappa shape index (κ3) is 3.93. The van der Waals surface area contributed by atoms with Crippen LogP contribution in [0.5, 0.6) is 5.75 Å². The van der Waals surface area contributed by atoms with Gasteiger partial charge in [-0.15, -0.1) is 0 Å². The summed E-state index contributed by atoms with van der Waals surface area (Å²) in [5, 5.41) is 4.52. The van der Waals surface area contributed by atoms with E-state index in [4.69, 9.17) is 4.74 Å². The minimum absolute atomic E-state index is 0.0333. The van der Waals surface area contributed by atoms with Crippen LogP contribution in [0.25, 0.3) is 11.3 Å². The maximum absolute atomic E-state index is 13.0. The molecule has 1 amide bonds. The van der Waals surface area contributed by atoms with E-state index in [2.05, 4.69) is 24.2 Å². The topological polar surface area (TPSA) is 47.4 Å². The number of aromatic nitrogens is 2. The first-order chi connectivity index (χ1) is 13.6. The van der Waals surface area contributed by atoms with E-state index in [1.54, 1.807) is 4.68 Å². The highest BCUT2D eigenvalue weighted by Gasteiger charge is 2.26. The van der Waals surface area contributed by atoms with E-state index >= 15 is 0 Å². The summed E-state index contributed by atoms with van der Waals surface area (Å²) in [6.45, 7) is 3.46. The van der Waals surface area contributed by atoms with E-state index in [0.717, 1.165) is 29.8 Å². The van der Waals surface area contributed by atoms with Crippen molar-refractivity contribution >= 4 is 5.91 Å². The van der Waals surface area contributed by atoms with Crippen molar-refractivity contribution in [2.75, 3.05) is 13.1 Å². The van der Waals surface area contributed by atoms with Gasteiger partial charge in [0.05, 0.1) is 5.69 Å². The van der Waals surface area contributed by atoms with Crippen LogP contribution >= 0.6 is 0 Å². The van der Waals surface area contributed by atoms with Crippen molar-refractivity contribution in [1.29, 1.82) is 0 Å². The zero-order valence-electron chi connectivity index (χ0n) is 16.3. The molecule has 1 aromatic heterocycles. The van der Waals surface area contributed by atoms with Gasteiger partial charge in [0.2, 0.25) is 0 Å². The summed E-state index contributed by atoms with van der Waals surface area (Å²) < 4.78 is 7.75. The number of likely N-dealkylation sites (tertiary alicyclic amines) is 1. The lowest BCUT2D eigenvalue weighted by Gasteiger charge is -2.32. The molecule has 5 nitrogen and oxygen atoms in total. The second kappa shape index (κ2) is 7.89. The molecule has 2 aromatic carbocycles. The molecule has 0 bridgehead atoms. The quantitative estimate of drug-likeness (QED) is 0.690. The fourth-order valence-electron chi connectivity index (χ4n) is 3.57. The van der Waals surface area contributed by atoms with Gasteiger partial charge in [-0.25, -0.2) is 0 Å². The fraction of sp³-hybridized carbons (Fsp3) is 0.304. The molecule has 1 fully saturated rings. The second-order valence-electron chi connectivity index (χ2n) is 7.33. The van der Waals surface area contributed by atoms with Gasteiger partial charge in [0.25, 0.3) is 5.91 Å². The number of nitrogens with zero attached hydrogens (tertiary/aromatic N) is 3. The predicted molar refractivity (Wildman–Crippen MR) is 109 cm³/mol. The van der Waals surface area contributed by atoms with Gasteiger partial charge < -0.3 is 9.64 Å². The van der Waals surface area contributed by atoms with Crippen molar-refractivity contribution in [3.05, 3.63) is 71.9 Å². The Morgan fingerprint density at radius 1 is 1.04 bits per heavy atom. The molecule has 4 rings (SSSR count). The highest BCUT2D eigenvalue weighted by molar-refractivity contribution is 5.93. The van der Waals surface area contributed by atoms with E-state index in [1.807, 2.05) is 60.5 Å². The van der Waals surface area contributed by atoms with Crippen molar-refractivity contribution in [3.8, 4) is 17.0 Å². The van der Waals surface area contributed by atoms with Crippen molar-refractivity contribution in [1.82, 2.24) is 14.7 Å². The van der Waals surface area contributed by atoms with Gasteiger partial charge >= 0.3 is 0 Å². The zero-order valence-corrected chi connectivity index (χ0v) is 16.3. The summed E-state index contributed by atoms with van der Waals surface area (Å²) in [5.41, 5.74) is 3.68. The summed E-state index contributed by atoms with van der Waals surface area (Å²) in [6, 6.07) is 19.9. The number of hydrogen-bond donors (Lipinski definition) is 0. The average Bonchev–Trinajstić information content (AvgIpc) is 3.12. The van der Waals surface area contributed by atoms with Crippen LogP contribution in [0.4, 0.5) is 0 Å². The van der Waals surface area contributed by atoms with E-state index in [9.17, 15) is 4.79 Å². The van der Waals surface area contributed by atoms with Crippen LogP contribution in [0, 0.1) is 6.92 Å². The zero-order chi connectivity index (χ0) is 19.5. The molecule has 3 aromatic rings. The number of piperidine rings is 1. The van der Waals surface area contributed by atoms with Gasteiger partial charge in [0.1, 0.15) is 17.5 Å². The van der Waals surface area contributed by atoms with E-state index in [0.29, 0.717) is 18.8 Å². The van der Waals surface area contributed by atoms with Gasteiger partial charge in [0.15, 0.2) is 0 Å². The van der Waals surface area contributed by atoms with Gasteiger partial charge in [-0.3, -0.25) is 9.48 Å². The Hall–Kier alpha value is -3.08. The van der Waals surface area contributed by atoms with Crippen LogP contribution in [0.2, 0.25) is 0 Å². The fourth-order valence-corrected chi connectivity index (χ4v) is 3.57. The van der Waals surface area contributed by atoms with Gasteiger partial charge in [0, 0.05) is 38.5 Å². The molecule has 0 spiro atoms. The third-order valence-corrected chi connectivity index (χ3v) is 5.22. The Balaban J connectivity index is 1.39. The molecule has 0 N–H and O–H groups in total. The first kappa shape index (κ1) is 18.3. The summed E-state index contributed by atoms with van der Waals surface area (Å²) in [6.07, 6.45) is 1.82. The molecular weight excluding hydrogens is 350 g/mol. The Kier molecular flexibility index (Phi) is 5.15. The summed E-state index contributed by atoms with van der Waals surface area (Å²) in [5.74, 6) is 0.931. The lowest BCUT2D eigenvalue weighted by molar-refractivity contribution is 0.0585. The molecule has 2 heterocycles. The summed E-state index contributed by atoms with van der Waals surface area (Å²) in [4.78, 5) is 14.9. The molecule has 1 aliphatic heterocycles. The summed E-state index contributed by atoms with van der Waals surface area (Å²) in [7, 11) is 1.83. The third-order valence-electron chi connectivity index (χ3n) is 5.22. The molecule has 144 valence electrons. The molecule has 0 atom stereocenters. The minimum atomic E-state index is 0.0333. The number of ether oxygens (including phenoxy) is 1. The Morgan fingerprint density at radius 2 is 1.71 bits per heavy atom. The van der Waals surface area contributed by atoms with Crippen LogP contribution in [0.15, 0.2) is 60.7 Å². The number of aryl methyl sites for hydroxylation is 2. The van der Waals surface area contributed by atoms with Crippen LogP contribution in [-0.2, 0) is 7.05 Å². The van der Waals surface area contributed by atoms with Gasteiger partial charge in [-0.2, -0.15) is 5.10 Å². The van der Waals surface area contributed by atoms with Crippen molar-refractivity contribution < 1.29 is 9.53 Å². The average molecular weight is 375 g/mol. The van der Waals surface area contributed by atoms with E-state index in [1.165, 1.54) is 5.56 Å². The normalized spacial score (nSPS) is 14.9. The summed E-state index contributed by atoms with van der Waals surface area (Å²) >= 11 is 0. The number of benzene rings is 2. The molecule has 0 radical (unpaired) electrons. The first-order valence-corrected chi connectivity index (χ1v) is 9.72. The first-order valence-electron chi connectivity index (χ1n) is 9.72. The Bertz CT molecular complexity index is 940. The second-order valence-corrected chi connectivity index (χ2v) is 7.33. The predicted octanol–water partition coefficient (Wildman–Crippen LogP) is 4.08. The smallest absolute Gasteiger partial charge is 0.272 e. The molecule has 1 aliphatic rings. The monoisotopic (exact) mass is 375 g/mol. The highest BCUT2D eigenvalue weighted by Crippen LogP contribution is 2.23. The molecule has 0 unspecified atom stereocenters. The van der Waals surface area contributed by atoms with Crippen molar-refractivity contribution in [3.63, 3.8) is 0 Å². The molecule has 0 aliphatic carbocycles. The molecule has 0 saturated carbocycles. The number of hydrogen-bond acceptors (Lipinski definition) is 3. The lowest BCUT2D eigenvalue weighted by Crippen LogP contribution is -2.42. The van der Waals surface area contributed by atoms with Crippen LogP contribution in [-0.4, -0.2) is 39.8 Å². The highest BCUT2D eigenvalue weighted by atomic mass is 16.5. The Morgan fingerprint density at radius 3 is 2.39 bits per heavy atom. The molecule has 28 heavy (non-hydrogen) atoms. The number of carbonyl (C=O) groups is 1. The Labute approximate surface area is 165 Å². The number of rotatable bonds is 4. The number of amides is 1. The maximum atomic E-state index is 13.0. The molecule has 1 saturated heterocycles.